The third kappa shape index (κ3) is 2.15. The molecule has 0 atom stereocenters. The number of nitrogens with zero attached hydrogens (tertiary/aromatic N) is 1. The van der Waals surface area contributed by atoms with Crippen molar-refractivity contribution in [2.45, 2.75) is 0 Å². The smallest absolute Gasteiger partial charge is 0.250 e. The van der Waals surface area contributed by atoms with Crippen LogP contribution in [0.5, 0.6) is 11.5 Å². The summed E-state index contributed by atoms with van der Waals surface area (Å²) in [7, 11) is 3.23. The minimum atomic E-state index is -0.121. The van der Waals surface area contributed by atoms with Crippen LogP contribution in [-0.4, -0.2) is 16.8 Å². The summed E-state index contributed by atoms with van der Waals surface area (Å²) >= 11 is 0. The highest BCUT2D eigenvalue weighted by molar-refractivity contribution is 5.71. The monoisotopic (exact) mass is 231 g/mol. The van der Waals surface area contributed by atoms with Gasteiger partial charge in [0.2, 0.25) is 0 Å². The van der Waals surface area contributed by atoms with Crippen LogP contribution in [0, 0.1) is 0 Å². The van der Waals surface area contributed by atoms with Crippen LogP contribution in [-0.2, 0) is 7.05 Å². The van der Waals surface area contributed by atoms with Gasteiger partial charge in [0.05, 0.1) is 7.11 Å². The molecule has 4 heteroatoms. The number of benzene rings is 1. The van der Waals surface area contributed by atoms with Crippen molar-refractivity contribution in [2.24, 2.45) is 7.05 Å². The summed E-state index contributed by atoms with van der Waals surface area (Å²) in [5, 5.41) is 9.78. The van der Waals surface area contributed by atoms with Crippen LogP contribution in [0.25, 0.3) is 11.1 Å². The minimum absolute atomic E-state index is 0.121. The quantitative estimate of drug-likeness (QED) is 0.856. The third-order valence-electron chi connectivity index (χ3n) is 2.62. The van der Waals surface area contributed by atoms with Gasteiger partial charge in [-0.1, -0.05) is 0 Å². The molecule has 1 N–H and O–H groups in total. The number of hydrogen-bond donors (Lipinski definition) is 1. The molecule has 0 aliphatic heterocycles. The largest absolute Gasteiger partial charge is 0.507 e. The number of aromatic hydroxyl groups is 1. The lowest BCUT2D eigenvalue weighted by Crippen LogP contribution is -2.14. The second-order valence-corrected chi connectivity index (χ2v) is 3.75. The van der Waals surface area contributed by atoms with Gasteiger partial charge in [-0.15, -0.1) is 0 Å². The van der Waals surface area contributed by atoms with Gasteiger partial charge in [-0.05, 0) is 29.8 Å². The van der Waals surface area contributed by atoms with E-state index in [2.05, 4.69) is 0 Å². The topological polar surface area (TPSA) is 51.5 Å². The first-order valence-corrected chi connectivity index (χ1v) is 5.16. The maximum atomic E-state index is 11.5. The predicted octanol–water partition coefficient (Wildman–Crippen LogP) is 1.77. The molecule has 0 bridgehead atoms. The van der Waals surface area contributed by atoms with Crippen molar-refractivity contribution < 1.29 is 9.84 Å². The van der Waals surface area contributed by atoms with Crippen molar-refractivity contribution in [3.05, 3.63) is 46.9 Å². The SMILES string of the molecule is COc1ccc(O)c(-c2ccn(C)c(=O)c2)c1. The molecule has 0 unspecified atom stereocenters. The number of phenols is 1. The predicted molar refractivity (Wildman–Crippen MR) is 65.3 cm³/mol. The number of hydrogen-bond acceptors (Lipinski definition) is 3. The molecule has 0 amide bonds. The molecule has 17 heavy (non-hydrogen) atoms. The highest BCUT2D eigenvalue weighted by Crippen LogP contribution is 2.31. The number of pyridine rings is 1. The number of methoxy groups -OCH3 is 1. The molecule has 1 aromatic heterocycles. The van der Waals surface area contributed by atoms with E-state index in [1.807, 2.05) is 0 Å². The van der Waals surface area contributed by atoms with E-state index in [9.17, 15) is 9.90 Å². The summed E-state index contributed by atoms with van der Waals surface area (Å²) in [6.45, 7) is 0. The molecule has 2 rings (SSSR count). The van der Waals surface area contributed by atoms with E-state index in [4.69, 9.17) is 4.74 Å². The van der Waals surface area contributed by atoms with Crippen LogP contribution in [0.3, 0.4) is 0 Å². The van der Waals surface area contributed by atoms with Gasteiger partial charge >= 0.3 is 0 Å². The Labute approximate surface area is 98.7 Å². The molecule has 0 spiro atoms. The maximum Gasteiger partial charge on any atom is 0.250 e. The molecule has 1 aromatic carbocycles. The van der Waals surface area contributed by atoms with Crippen molar-refractivity contribution >= 4 is 0 Å². The molecule has 0 aliphatic carbocycles. The Morgan fingerprint density at radius 1 is 1.24 bits per heavy atom. The molecule has 1 heterocycles. The molecule has 2 aromatic rings. The molecule has 0 aliphatic rings. The van der Waals surface area contributed by atoms with E-state index >= 15 is 0 Å². The first-order valence-electron chi connectivity index (χ1n) is 5.16. The van der Waals surface area contributed by atoms with Gasteiger partial charge in [0, 0.05) is 24.9 Å². The second-order valence-electron chi connectivity index (χ2n) is 3.75. The van der Waals surface area contributed by atoms with Crippen molar-refractivity contribution in [3.63, 3.8) is 0 Å². The van der Waals surface area contributed by atoms with Gasteiger partial charge in [0.1, 0.15) is 11.5 Å². The lowest BCUT2D eigenvalue weighted by molar-refractivity contribution is 0.412. The lowest BCUT2D eigenvalue weighted by Gasteiger charge is -2.07. The first-order chi connectivity index (χ1) is 8.11. The van der Waals surface area contributed by atoms with Gasteiger partial charge in [-0.25, -0.2) is 0 Å². The molecular formula is C13H13NO3. The zero-order valence-corrected chi connectivity index (χ0v) is 9.68. The Hall–Kier alpha value is -2.23. The average molecular weight is 231 g/mol. The summed E-state index contributed by atoms with van der Waals surface area (Å²) in [6.07, 6.45) is 1.66. The number of aromatic nitrogens is 1. The summed E-state index contributed by atoms with van der Waals surface area (Å²) in [6, 6.07) is 8.17. The Bertz CT molecular complexity index is 602. The maximum absolute atomic E-state index is 11.5. The molecule has 0 fully saturated rings. The molecular weight excluding hydrogens is 218 g/mol. The number of aryl methyl sites for hydroxylation is 1. The standard InChI is InChI=1S/C13H13NO3/c1-14-6-5-9(7-13(14)16)11-8-10(17-2)3-4-12(11)15/h3-8,15H,1-2H3. The van der Waals surface area contributed by atoms with Crippen LogP contribution in [0.2, 0.25) is 0 Å². The summed E-state index contributed by atoms with van der Waals surface area (Å²) < 4.78 is 6.56. The highest BCUT2D eigenvalue weighted by atomic mass is 16.5. The van der Waals surface area contributed by atoms with Crippen LogP contribution < -0.4 is 10.3 Å². The minimum Gasteiger partial charge on any atom is -0.507 e. The van der Waals surface area contributed by atoms with E-state index in [-0.39, 0.29) is 11.3 Å². The fourth-order valence-corrected chi connectivity index (χ4v) is 1.59. The Kier molecular flexibility index (Phi) is 2.87. The van der Waals surface area contributed by atoms with Crippen LogP contribution in [0.4, 0.5) is 0 Å². The Morgan fingerprint density at radius 3 is 2.65 bits per heavy atom. The van der Waals surface area contributed by atoms with Crippen LogP contribution in [0.15, 0.2) is 41.3 Å². The second kappa shape index (κ2) is 4.33. The van der Waals surface area contributed by atoms with Gasteiger partial charge in [-0.2, -0.15) is 0 Å². The van der Waals surface area contributed by atoms with Crippen LogP contribution >= 0.6 is 0 Å². The molecule has 4 nitrogen and oxygen atoms in total. The Balaban J connectivity index is 2.59. The summed E-state index contributed by atoms with van der Waals surface area (Å²) in [5.41, 5.74) is 1.14. The Morgan fingerprint density at radius 2 is 2.00 bits per heavy atom. The molecule has 88 valence electrons. The van der Waals surface area contributed by atoms with E-state index in [0.29, 0.717) is 16.9 Å². The van der Waals surface area contributed by atoms with Crippen LogP contribution in [0.1, 0.15) is 0 Å². The molecule has 0 radical (unpaired) electrons. The lowest BCUT2D eigenvalue weighted by atomic mass is 10.1. The molecule has 0 saturated heterocycles. The summed E-state index contributed by atoms with van der Waals surface area (Å²) in [4.78, 5) is 11.5. The van der Waals surface area contributed by atoms with E-state index in [0.717, 1.165) is 0 Å². The average Bonchev–Trinajstić information content (AvgIpc) is 2.33. The summed E-state index contributed by atoms with van der Waals surface area (Å²) in [5.74, 6) is 0.762. The van der Waals surface area contributed by atoms with E-state index < -0.39 is 0 Å². The van der Waals surface area contributed by atoms with Gasteiger partial charge in [0.15, 0.2) is 0 Å². The highest BCUT2D eigenvalue weighted by Gasteiger charge is 2.07. The third-order valence-corrected chi connectivity index (χ3v) is 2.62. The van der Waals surface area contributed by atoms with Crippen molar-refractivity contribution in [1.82, 2.24) is 4.57 Å². The zero-order chi connectivity index (χ0) is 12.4. The zero-order valence-electron chi connectivity index (χ0n) is 9.68. The first kappa shape index (κ1) is 11.3. The fourth-order valence-electron chi connectivity index (χ4n) is 1.59. The van der Waals surface area contributed by atoms with Gasteiger partial charge in [-0.3, -0.25) is 4.79 Å². The number of rotatable bonds is 2. The van der Waals surface area contributed by atoms with Crippen molar-refractivity contribution in [2.75, 3.05) is 7.11 Å². The fraction of sp³-hybridized carbons (Fsp3) is 0.154. The van der Waals surface area contributed by atoms with Gasteiger partial charge in [0.25, 0.3) is 5.56 Å². The number of phenolic OH excluding ortho intramolecular Hbond substituents is 1. The van der Waals surface area contributed by atoms with E-state index in [1.165, 1.54) is 10.6 Å². The molecule has 0 saturated carbocycles. The van der Waals surface area contributed by atoms with E-state index in [1.54, 1.807) is 44.6 Å². The van der Waals surface area contributed by atoms with Gasteiger partial charge < -0.3 is 14.4 Å². The van der Waals surface area contributed by atoms with Crippen molar-refractivity contribution in [3.8, 4) is 22.6 Å². The normalized spacial score (nSPS) is 10.2. The van der Waals surface area contributed by atoms with Crippen molar-refractivity contribution in [1.29, 1.82) is 0 Å². The number of ether oxygens (including phenoxy) is 1.